The number of rotatable bonds is 6. The van der Waals surface area contributed by atoms with Gasteiger partial charge in [-0.3, -0.25) is 4.57 Å². The van der Waals surface area contributed by atoms with Crippen molar-refractivity contribution in [3.05, 3.63) is 94.6 Å². The van der Waals surface area contributed by atoms with Crippen molar-refractivity contribution in [3.63, 3.8) is 0 Å². The Morgan fingerprint density at radius 1 is 1.08 bits per heavy atom. The van der Waals surface area contributed by atoms with Crippen LogP contribution in [0.25, 0.3) is 11.3 Å². The number of benzene rings is 2. The summed E-state index contributed by atoms with van der Waals surface area (Å²) in [5.74, 6) is -0.541. The molecule has 0 saturated heterocycles. The Kier molecular flexibility index (Phi) is 5.17. The molecule has 5 nitrogen and oxygen atoms in total. The minimum absolute atomic E-state index is 0.162. The molecule has 0 N–H and O–H groups in total. The van der Waals surface area contributed by atoms with E-state index in [0.717, 1.165) is 11.1 Å². The number of carbonyl (C=O) groups excluding carboxylic acids is 1. The molecule has 0 atom stereocenters. The Hall–Kier alpha value is -3.34. The molecule has 5 heteroatoms. The van der Waals surface area contributed by atoms with Crippen molar-refractivity contribution in [2.24, 2.45) is 0 Å². The van der Waals surface area contributed by atoms with E-state index < -0.39 is 11.7 Å². The van der Waals surface area contributed by atoms with Crippen LogP contribution in [0, 0.1) is 0 Å². The van der Waals surface area contributed by atoms with E-state index in [0.29, 0.717) is 18.0 Å². The van der Waals surface area contributed by atoms with Gasteiger partial charge >= 0.3 is 11.7 Å². The smallest absolute Gasteiger partial charge is 0.420 e. The molecule has 0 bridgehead atoms. The molecule has 132 valence electrons. The average Bonchev–Trinajstić information content (AvgIpc) is 2.98. The second kappa shape index (κ2) is 7.70. The first kappa shape index (κ1) is 17.5. The molecule has 0 unspecified atom stereocenters. The van der Waals surface area contributed by atoms with Gasteiger partial charge < -0.3 is 9.15 Å². The van der Waals surface area contributed by atoms with Gasteiger partial charge in [0.25, 0.3) is 0 Å². The Labute approximate surface area is 151 Å². The Morgan fingerprint density at radius 3 is 2.31 bits per heavy atom. The average molecular weight is 349 g/mol. The van der Waals surface area contributed by atoms with Crippen LogP contribution in [0.4, 0.5) is 0 Å². The van der Waals surface area contributed by atoms with E-state index in [1.54, 1.807) is 0 Å². The van der Waals surface area contributed by atoms with Gasteiger partial charge in [0.15, 0.2) is 5.76 Å². The van der Waals surface area contributed by atoms with E-state index in [-0.39, 0.29) is 12.0 Å². The quantitative estimate of drug-likeness (QED) is 0.505. The molecule has 26 heavy (non-hydrogen) atoms. The number of nitrogens with zero attached hydrogens (tertiary/aromatic N) is 1. The van der Waals surface area contributed by atoms with Crippen molar-refractivity contribution < 1.29 is 13.9 Å². The topological polar surface area (TPSA) is 61.4 Å². The maximum absolute atomic E-state index is 12.5. The van der Waals surface area contributed by atoms with E-state index in [9.17, 15) is 9.59 Å². The predicted molar refractivity (Wildman–Crippen MR) is 98.8 cm³/mol. The number of oxazole rings is 1. The highest BCUT2D eigenvalue weighted by Gasteiger charge is 2.21. The maximum Gasteiger partial charge on any atom is 0.420 e. The first-order valence-electron chi connectivity index (χ1n) is 8.18. The third-order valence-corrected chi connectivity index (χ3v) is 4.07. The fourth-order valence-electron chi connectivity index (χ4n) is 2.77. The van der Waals surface area contributed by atoms with E-state index in [2.05, 4.69) is 6.58 Å². The van der Waals surface area contributed by atoms with Crippen LogP contribution in [0.5, 0.6) is 0 Å². The molecule has 0 aliphatic rings. The lowest BCUT2D eigenvalue weighted by Crippen LogP contribution is -2.19. The highest BCUT2D eigenvalue weighted by Crippen LogP contribution is 2.25. The molecule has 3 aromatic rings. The molecular weight excluding hydrogens is 330 g/mol. The van der Waals surface area contributed by atoms with Crippen LogP contribution in [0.1, 0.15) is 11.3 Å². The zero-order valence-corrected chi connectivity index (χ0v) is 14.5. The summed E-state index contributed by atoms with van der Waals surface area (Å²) < 4.78 is 11.8. The van der Waals surface area contributed by atoms with E-state index in [4.69, 9.17) is 9.15 Å². The van der Waals surface area contributed by atoms with Gasteiger partial charge in [0.2, 0.25) is 0 Å². The van der Waals surface area contributed by atoms with Gasteiger partial charge in [-0.15, -0.1) is 0 Å². The largest absolute Gasteiger partial charge is 0.466 e. The maximum atomic E-state index is 12.5. The third kappa shape index (κ3) is 3.67. The summed E-state index contributed by atoms with van der Waals surface area (Å²) in [6, 6.07) is 18.9. The number of esters is 1. The standard InChI is InChI=1S/C21H19NO4/c1-15(20(23)25-2)13-18-19(17-11-7-4-8-12-17)26-21(24)22(18)14-16-9-5-3-6-10-16/h3-12H,1,13-14H2,2H3. The van der Waals surface area contributed by atoms with Gasteiger partial charge in [-0.1, -0.05) is 67.2 Å². The molecular formula is C21H19NO4. The van der Waals surface area contributed by atoms with Crippen LogP contribution >= 0.6 is 0 Å². The van der Waals surface area contributed by atoms with Gasteiger partial charge in [-0.25, -0.2) is 9.59 Å². The first-order chi connectivity index (χ1) is 12.6. The number of methoxy groups -OCH3 is 1. The number of aromatic nitrogens is 1. The molecule has 0 radical (unpaired) electrons. The van der Waals surface area contributed by atoms with Crippen molar-refractivity contribution >= 4 is 5.97 Å². The van der Waals surface area contributed by atoms with Gasteiger partial charge in [0, 0.05) is 17.6 Å². The number of carbonyl (C=O) groups is 1. The lowest BCUT2D eigenvalue weighted by atomic mass is 10.1. The van der Waals surface area contributed by atoms with Crippen molar-refractivity contribution in [2.45, 2.75) is 13.0 Å². The van der Waals surface area contributed by atoms with E-state index >= 15 is 0 Å². The molecule has 2 aromatic carbocycles. The van der Waals surface area contributed by atoms with Crippen molar-refractivity contribution in [2.75, 3.05) is 7.11 Å². The summed E-state index contributed by atoms with van der Waals surface area (Å²) >= 11 is 0. The van der Waals surface area contributed by atoms with E-state index in [1.165, 1.54) is 11.7 Å². The summed E-state index contributed by atoms with van der Waals surface area (Å²) in [5, 5.41) is 0. The van der Waals surface area contributed by atoms with Crippen LogP contribution in [0.2, 0.25) is 0 Å². The van der Waals surface area contributed by atoms with Crippen molar-refractivity contribution in [1.29, 1.82) is 0 Å². The minimum Gasteiger partial charge on any atom is -0.466 e. The molecule has 0 amide bonds. The number of hydrogen-bond acceptors (Lipinski definition) is 4. The summed E-state index contributed by atoms with van der Waals surface area (Å²) in [5.41, 5.74) is 2.58. The fraction of sp³-hybridized carbons (Fsp3) is 0.143. The molecule has 0 saturated carbocycles. The zero-order chi connectivity index (χ0) is 18.5. The number of ether oxygens (including phenoxy) is 1. The van der Waals surface area contributed by atoms with Gasteiger partial charge in [-0.05, 0) is 5.56 Å². The van der Waals surface area contributed by atoms with Gasteiger partial charge in [-0.2, -0.15) is 0 Å². The molecule has 1 heterocycles. The SMILES string of the molecule is C=C(Cc1c(-c2ccccc2)oc(=O)n1Cc1ccccc1)C(=O)OC. The molecule has 0 aliphatic heterocycles. The second-order valence-electron chi connectivity index (χ2n) is 5.85. The second-order valence-corrected chi connectivity index (χ2v) is 5.85. The normalized spacial score (nSPS) is 10.5. The lowest BCUT2D eigenvalue weighted by Gasteiger charge is -2.09. The van der Waals surface area contributed by atoms with Crippen LogP contribution in [-0.4, -0.2) is 17.6 Å². The molecule has 0 aliphatic carbocycles. The van der Waals surface area contributed by atoms with Crippen LogP contribution in [-0.2, 0) is 22.5 Å². The van der Waals surface area contributed by atoms with Crippen LogP contribution < -0.4 is 5.76 Å². The summed E-state index contributed by atoms with van der Waals surface area (Å²) in [6.07, 6.45) is 0.162. The molecule has 0 fully saturated rings. The Balaban J connectivity index is 2.08. The fourth-order valence-corrected chi connectivity index (χ4v) is 2.77. The van der Waals surface area contributed by atoms with Crippen LogP contribution in [0.15, 0.2) is 82.0 Å². The molecule has 1 aromatic heterocycles. The predicted octanol–water partition coefficient (Wildman–Crippen LogP) is 3.43. The molecule has 0 spiro atoms. The summed E-state index contributed by atoms with van der Waals surface area (Å²) in [7, 11) is 1.30. The summed E-state index contributed by atoms with van der Waals surface area (Å²) in [4.78, 5) is 24.3. The summed E-state index contributed by atoms with van der Waals surface area (Å²) in [6.45, 7) is 4.13. The highest BCUT2D eigenvalue weighted by molar-refractivity contribution is 5.88. The van der Waals surface area contributed by atoms with Gasteiger partial charge in [0.1, 0.15) is 0 Å². The Bertz CT molecular complexity index is 968. The highest BCUT2D eigenvalue weighted by atomic mass is 16.5. The van der Waals surface area contributed by atoms with Crippen molar-refractivity contribution in [1.82, 2.24) is 4.57 Å². The van der Waals surface area contributed by atoms with Gasteiger partial charge in [0.05, 0.1) is 19.3 Å². The molecule has 3 rings (SSSR count). The van der Waals surface area contributed by atoms with E-state index in [1.807, 2.05) is 60.7 Å². The minimum atomic E-state index is -0.510. The Morgan fingerprint density at radius 2 is 1.69 bits per heavy atom. The van der Waals surface area contributed by atoms with Crippen LogP contribution in [0.3, 0.4) is 0 Å². The first-order valence-corrected chi connectivity index (χ1v) is 8.18. The number of hydrogen-bond donors (Lipinski definition) is 0. The van der Waals surface area contributed by atoms with Crippen molar-refractivity contribution in [3.8, 4) is 11.3 Å². The third-order valence-electron chi connectivity index (χ3n) is 4.07. The lowest BCUT2D eigenvalue weighted by molar-refractivity contribution is -0.136. The monoisotopic (exact) mass is 349 g/mol. The zero-order valence-electron chi connectivity index (χ0n) is 14.5.